The Bertz CT molecular complexity index is 1450. The molecule has 0 bridgehead atoms. The maximum absolute atomic E-state index is 14.0. The van der Waals surface area contributed by atoms with Gasteiger partial charge in [-0.15, -0.1) is 0 Å². The molecular formula is C31H32Cl2N2O4. The Hall–Kier alpha value is -3.19. The first kappa shape index (κ1) is 28.8. The number of aliphatic hydroxyl groups is 1. The molecule has 0 aromatic heterocycles. The number of hydrogen-bond donors (Lipinski definition) is 3. The third kappa shape index (κ3) is 5.60. The predicted molar refractivity (Wildman–Crippen MR) is 156 cm³/mol. The van der Waals surface area contributed by atoms with Gasteiger partial charge < -0.3 is 15.7 Å². The van der Waals surface area contributed by atoms with Crippen LogP contribution in [0, 0.1) is 39.5 Å². The van der Waals surface area contributed by atoms with Gasteiger partial charge >= 0.3 is 0 Å². The fourth-order valence-corrected chi connectivity index (χ4v) is 6.11. The lowest BCUT2D eigenvalue weighted by atomic mass is 9.61. The number of halogens is 2. The van der Waals surface area contributed by atoms with E-state index >= 15 is 0 Å². The minimum atomic E-state index is -1.78. The van der Waals surface area contributed by atoms with Gasteiger partial charge in [0.2, 0.25) is 11.8 Å². The molecule has 4 rings (SSSR count). The largest absolute Gasteiger partial charge is 0.389 e. The molecule has 0 aliphatic heterocycles. The topological polar surface area (TPSA) is 95.5 Å². The summed E-state index contributed by atoms with van der Waals surface area (Å²) in [7, 11) is 0. The second kappa shape index (κ2) is 11.1. The highest BCUT2D eigenvalue weighted by molar-refractivity contribution is 6.36. The SMILES string of the molecule is Cc1cccc(NC(=O)C2C(=O)CC(C)(O)C(C(=O)Nc3cccc(C)c3C)C2c2c(Cl)cccc2Cl)c1C. The van der Waals surface area contributed by atoms with E-state index in [1.54, 1.807) is 30.3 Å². The van der Waals surface area contributed by atoms with E-state index in [2.05, 4.69) is 10.6 Å². The molecular weight excluding hydrogens is 535 g/mol. The molecule has 39 heavy (non-hydrogen) atoms. The lowest BCUT2D eigenvalue weighted by Crippen LogP contribution is -2.56. The number of nitrogens with one attached hydrogen (secondary N) is 2. The standard InChI is InChI=1S/C31H32Cl2N2O4/c1-16-9-6-13-22(18(16)3)34-29(37)26-24(36)15-31(5,39)28(27(26)25-20(32)11-8-12-21(25)33)30(38)35-23-14-7-10-17(2)19(23)4/h6-14,26-28,39H,15H2,1-5H3,(H,34,37)(H,35,38). The molecule has 0 spiro atoms. The Morgan fingerprint density at radius 3 is 1.79 bits per heavy atom. The van der Waals surface area contributed by atoms with Crippen LogP contribution in [-0.2, 0) is 14.4 Å². The molecule has 6 nitrogen and oxygen atoms in total. The van der Waals surface area contributed by atoms with E-state index in [9.17, 15) is 19.5 Å². The highest BCUT2D eigenvalue weighted by atomic mass is 35.5. The number of ketones is 1. The lowest BCUT2D eigenvalue weighted by Gasteiger charge is -2.45. The van der Waals surface area contributed by atoms with E-state index in [4.69, 9.17) is 23.2 Å². The third-order valence-electron chi connectivity index (χ3n) is 7.89. The summed E-state index contributed by atoms with van der Waals surface area (Å²) in [6, 6.07) is 15.8. The minimum absolute atomic E-state index is 0.201. The lowest BCUT2D eigenvalue weighted by molar-refractivity contribution is -0.150. The first-order valence-electron chi connectivity index (χ1n) is 12.8. The van der Waals surface area contributed by atoms with Crippen molar-refractivity contribution in [2.75, 3.05) is 10.6 Å². The van der Waals surface area contributed by atoms with Crippen molar-refractivity contribution in [2.24, 2.45) is 11.8 Å². The number of benzene rings is 3. The number of carbonyl (C=O) groups is 3. The molecule has 0 saturated heterocycles. The summed E-state index contributed by atoms with van der Waals surface area (Å²) in [4.78, 5) is 41.4. The van der Waals surface area contributed by atoms with Gasteiger partial charge in [0.1, 0.15) is 11.7 Å². The molecule has 0 heterocycles. The zero-order valence-corrected chi connectivity index (χ0v) is 24.1. The van der Waals surface area contributed by atoms with Crippen LogP contribution in [0.2, 0.25) is 10.0 Å². The predicted octanol–water partition coefficient (Wildman–Crippen LogP) is 6.54. The van der Waals surface area contributed by atoms with Crippen molar-refractivity contribution in [3.8, 4) is 0 Å². The second-order valence-electron chi connectivity index (χ2n) is 10.6. The number of aryl methyl sites for hydroxylation is 2. The van der Waals surface area contributed by atoms with E-state index in [-0.39, 0.29) is 22.0 Å². The minimum Gasteiger partial charge on any atom is -0.389 e. The molecule has 0 radical (unpaired) electrons. The van der Waals surface area contributed by atoms with E-state index < -0.39 is 41.0 Å². The Labute approximate surface area is 238 Å². The van der Waals surface area contributed by atoms with Gasteiger partial charge in [0.15, 0.2) is 0 Å². The summed E-state index contributed by atoms with van der Waals surface area (Å²) >= 11 is 13.2. The van der Waals surface area contributed by atoms with Crippen molar-refractivity contribution in [3.63, 3.8) is 0 Å². The molecule has 204 valence electrons. The molecule has 1 aliphatic rings. The number of Topliss-reactive ketones (excluding diaryl/α,β-unsaturated/α-hetero) is 1. The van der Waals surface area contributed by atoms with Gasteiger partial charge in [-0.1, -0.05) is 53.5 Å². The molecule has 3 N–H and O–H groups in total. The molecule has 4 unspecified atom stereocenters. The molecule has 3 aromatic carbocycles. The van der Waals surface area contributed by atoms with E-state index in [0.717, 1.165) is 22.3 Å². The van der Waals surface area contributed by atoms with Crippen LogP contribution in [0.4, 0.5) is 11.4 Å². The average molecular weight is 568 g/mol. The van der Waals surface area contributed by atoms with Gasteiger partial charge in [-0.2, -0.15) is 0 Å². The van der Waals surface area contributed by atoms with E-state index in [1.807, 2.05) is 52.0 Å². The summed E-state index contributed by atoms with van der Waals surface area (Å²) in [6.07, 6.45) is -0.388. The fraction of sp³-hybridized carbons (Fsp3) is 0.323. The smallest absolute Gasteiger partial charge is 0.235 e. The Morgan fingerprint density at radius 2 is 1.28 bits per heavy atom. The van der Waals surface area contributed by atoms with Crippen LogP contribution in [-0.4, -0.2) is 28.3 Å². The van der Waals surface area contributed by atoms with Gasteiger partial charge in [0.05, 0.1) is 11.5 Å². The monoisotopic (exact) mass is 566 g/mol. The van der Waals surface area contributed by atoms with Crippen LogP contribution in [0.3, 0.4) is 0 Å². The molecule has 1 saturated carbocycles. The molecule has 1 fully saturated rings. The van der Waals surface area contributed by atoms with Crippen molar-refractivity contribution in [2.45, 2.75) is 52.6 Å². The van der Waals surface area contributed by atoms with Crippen molar-refractivity contribution in [3.05, 3.63) is 92.5 Å². The quantitative estimate of drug-likeness (QED) is 0.305. The van der Waals surface area contributed by atoms with Gasteiger partial charge in [0.25, 0.3) is 0 Å². The van der Waals surface area contributed by atoms with Crippen LogP contribution in [0.15, 0.2) is 54.6 Å². The van der Waals surface area contributed by atoms with Gasteiger partial charge in [0, 0.05) is 33.8 Å². The normalized spacial score (nSPS) is 22.9. The number of anilines is 2. The zero-order valence-electron chi connectivity index (χ0n) is 22.6. The highest BCUT2D eigenvalue weighted by Crippen LogP contribution is 2.50. The molecule has 4 atom stereocenters. The third-order valence-corrected chi connectivity index (χ3v) is 8.55. The molecule has 2 amide bonds. The summed E-state index contributed by atoms with van der Waals surface area (Å²) < 4.78 is 0. The fourth-order valence-electron chi connectivity index (χ4n) is 5.46. The summed E-state index contributed by atoms with van der Waals surface area (Å²) in [5.74, 6) is -5.29. The maximum Gasteiger partial charge on any atom is 0.235 e. The van der Waals surface area contributed by atoms with E-state index in [0.29, 0.717) is 11.4 Å². The van der Waals surface area contributed by atoms with E-state index in [1.165, 1.54) is 6.92 Å². The van der Waals surface area contributed by atoms with Crippen molar-refractivity contribution in [1.82, 2.24) is 0 Å². The first-order valence-corrected chi connectivity index (χ1v) is 13.5. The van der Waals surface area contributed by atoms with Gasteiger partial charge in [-0.3, -0.25) is 14.4 Å². The Morgan fingerprint density at radius 1 is 0.821 bits per heavy atom. The number of hydrogen-bond acceptors (Lipinski definition) is 4. The molecule has 8 heteroatoms. The van der Waals surface area contributed by atoms with Gasteiger partial charge in [-0.05, 0) is 86.7 Å². The van der Waals surface area contributed by atoms with Crippen LogP contribution >= 0.6 is 23.2 Å². The van der Waals surface area contributed by atoms with Crippen molar-refractivity contribution in [1.29, 1.82) is 0 Å². The summed E-state index contributed by atoms with van der Waals surface area (Å²) in [6.45, 7) is 9.06. The van der Waals surface area contributed by atoms with Crippen LogP contribution in [0.1, 0.15) is 47.1 Å². The Balaban J connectivity index is 1.85. The maximum atomic E-state index is 14.0. The number of amides is 2. The number of rotatable bonds is 5. The first-order chi connectivity index (χ1) is 18.3. The molecule has 1 aliphatic carbocycles. The summed E-state index contributed by atoms with van der Waals surface area (Å²) in [5, 5.41) is 17.8. The van der Waals surface area contributed by atoms with Crippen LogP contribution in [0.5, 0.6) is 0 Å². The van der Waals surface area contributed by atoms with Crippen LogP contribution in [0.25, 0.3) is 0 Å². The highest BCUT2D eigenvalue weighted by Gasteiger charge is 2.56. The number of carbonyl (C=O) groups excluding carboxylic acids is 3. The van der Waals surface area contributed by atoms with Crippen molar-refractivity contribution >= 4 is 52.2 Å². The zero-order chi connectivity index (χ0) is 28.6. The summed E-state index contributed by atoms with van der Waals surface area (Å²) in [5.41, 5.74) is 3.32. The van der Waals surface area contributed by atoms with Gasteiger partial charge in [-0.25, -0.2) is 0 Å². The average Bonchev–Trinajstić information content (AvgIpc) is 2.84. The van der Waals surface area contributed by atoms with Crippen molar-refractivity contribution < 1.29 is 19.5 Å². The Kier molecular flexibility index (Phi) is 8.22. The molecule has 3 aromatic rings. The second-order valence-corrected chi connectivity index (χ2v) is 11.4. The van der Waals surface area contributed by atoms with Crippen LogP contribution < -0.4 is 10.6 Å².